The minimum absolute atomic E-state index is 0. The van der Waals surface area contributed by atoms with Crippen LogP contribution in [0.4, 0.5) is 4.39 Å². The van der Waals surface area contributed by atoms with Gasteiger partial charge in [-0.3, -0.25) is 4.39 Å². The summed E-state index contributed by atoms with van der Waals surface area (Å²) in [6.07, 6.45) is 1.74. The number of nitrogens with zero attached hydrogens (tertiary/aromatic N) is 1. The topological polar surface area (TPSA) is 31.4 Å². The van der Waals surface area contributed by atoms with E-state index in [1.165, 1.54) is 6.07 Å². The molecule has 2 heterocycles. The third kappa shape index (κ3) is 3.13. The van der Waals surface area contributed by atoms with Gasteiger partial charge in [-0.05, 0) is 40.1 Å². The van der Waals surface area contributed by atoms with E-state index in [0.29, 0.717) is 22.5 Å². The first-order valence-electron chi connectivity index (χ1n) is 8.27. The van der Waals surface area contributed by atoms with Crippen LogP contribution in [-0.4, -0.2) is 12.1 Å². The summed E-state index contributed by atoms with van der Waals surface area (Å²) in [4.78, 5) is 4.48. The molecule has 0 amide bonds. The molecule has 1 aliphatic heterocycles. The number of halogens is 1. The van der Waals surface area contributed by atoms with E-state index in [9.17, 15) is 4.39 Å². The van der Waals surface area contributed by atoms with Gasteiger partial charge in [-0.2, -0.15) is 0 Å². The number of benzene rings is 3. The Bertz CT molecular complexity index is 1110. The molecule has 3 nitrogen and oxygen atoms in total. The van der Waals surface area contributed by atoms with Crippen molar-refractivity contribution in [3.8, 4) is 22.8 Å². The summed E-state index contributed by atoms with van der Waals surface area (Å²) in [5, 5.41) is 2.05. The smallest absolute Gasteiger partial charge is 0.520 e. The third-order valence-electron chi connectivity index (χ3n) is 4.43. The molecular weight excluding hydrogens is 523 g/mol. The van der Waals surface area contributed by atoms with Crippen LogP contribution in [0.15, 0.2) is 72.9 Å². The first-order valence-corrected chi connectivity index (χ1v) is 8.27. The molecule has 0 unspecified atom stereocenters. The second kappa shape index (κ2) is 7.17. The van der Waals surface area contributed by atoms with Gasteiger partial charge < -0.3 is 14.3 Å². The number of hydrogen-bond acceptors (Lipinski definition) is 3. The first-order chi connectivity index (χ1) is 12.8. The maximum absolute atomic E-state index is 14.5. The van der Waals surface area contributed by atoms with Gasteiger partial charge in [-0.15, -0.1) is 23.8 Å². The summed E-state index contributed by atoms with van der Waals surface area (Å²) >= 11 is 0. The Labute approximate surface area is 170 Å². The minimum atomic E-state index is -0.823. The molecule has 0 saturated heterocycles. The zero-order chi connectivity index (χ0) is 17.5. The molecule has 0 atom stereocenters. The minimum Gasteiger partial charge on any atom is -0.520 e. The Morgan fingerprint density at radius 2 is 1.63 bits per heavy atom. The number of aromatic nitrogens is 1. The summed E-state index contributed by atoms with van der Waals surface area (Å²) in [5.41, 5.74) is 1.77. The maximum atomic E-state index is 14.5. The van der Waals surface area contributed by atoms with Gasteiger partial charge in [0.1, 0.15) is 11.5 Å². The van der Waals surface area contributed by atoms with E-state index >= 15 is 0 Å². The second-order valence-corrected chi connectivity index (χ2v) is 6.05. The van der Waals surface area contributed by atoms with E-state index in [1.807, 2.05) is 42.5 Å². The Morgan fingerprint density at radius 1 is 0.926 bits per heavy atom. The number of para-hydroxylation sites is 2. The standard InChI is InChI=1S/C21H12BFNO2.Pt/c23-18-10-9-15(21-16-6-2-1-5-14(16)11-12-24-21)13-17(18)22-25-19-7-3-4-8-20(19)26-22;/h1-8,10-13H;/q-1;. The molecule has 27 heavy (non-hydrogen) atoms. The normalized spacial score (nSPS) is 12.1. The van der Waals surface area contributed by atoms with Gasteiger partial charge in [0.15, 0.2) is 0 Å². The van der Waals surface area contributed by atoms with Crippen molar-refractivity contribution in [2.75, 3.05) is 0 Å². The predicted molar refractivity (Wildman–Crippen MR) is 99.1 cm³/mol. The summed E-state index contributed by atoms with van der Waals surface area (Å²) in [7, 11) is -0.823. The van der Waals surface area contributed by atoms with E-state index < -0.39 is 12.9 Å². The van der Waals surface area contributed by atoms with Gasteiger partial charge in [0, 0.05) is 33.1 Å². The van der Waals surface area contributed by atoms with Crippen molar-refractivity contribution in [3.63, 3.8) is 0 Å². The molecule has 0 fully saturated rings. The monoisotopic (exact) mass is 535 g/mol. The van der Waals surface area contributed by atoms with Crippen LogP contribution in [0.5, 0.6) is 11.5 Å². The number of pyridine rings is 1. The van der Waals surface area contributed by atoms with Crippen LogP contribution in [0.25, 0.3) is 22.0 Å². The molecule has 0 aliphatic carbocycles. The van der Waals surface area contributed by atoms with E-state index in [1.54, 1.807) is 24.4 Å². The van der Waals surface area contributed by atoms with Crippen LogP contribution in [-0.2, 0) is 21.1 Å². The van der Waals surface area contributed by atoms with E-state index in [4.69, 9.17) is 9.31 Å². The van der Waals surface area contributed by atoms with E-state index in [2.05, 4.69) is 11.1 Å². The fourth-order valence-corrected chi connectivity index (χ4v) is 3.17. The maximum Gasteiger partial charge on any atom is 0.615 e. The summed E-state index contributed by atoms with van der Waals surface area (Å²) in [5.74, 6) is 0.788. The second-order valence-electron chi connectivity index (χ2n) is 6.05. The van der Waals surface area contributed by atoms with Crippen LogP contribution in [0, 0.1) is 11.9 Å². The first kappa shape index (κ1) is 17.8. The predicted octanol–water partition coefficient (Wildman–Crippen LogP) is 4.01. The van der Waals surface area contributed by atoms with Gasteiger partial charge in [0.2, 0.25) is 0 Å². The van der Waals surface area contributed by atoms with E-state index in [-0.39, 0.29) is 21.1 Å². The average molecular weight is 535 g/mol. The third-order valence-corrected chi connectivity index (χ3v) is 4.43. The summed E-state index contributed by atoms with van der Waals surface area (Å²) in [6, 6.07) is 23.2. The molecule has 0 radical (unpaired) electrons. The van der Waals surface area contributed by atoms with Crippen molar-refractivity contribution >= 4 is 23.4 Å². The molecule has 6 heteroatoms. The van der Waals surface area contributed by atoms with Crippen molar-refractivity contribution in [1.82, 2.24) is 4.98 Å². The fourth-order valence-electron chi connectivity index (χ4n) is 3.17. The number of hydrogen-bond donors (Lipinski definition) is 0. The van der Waals surface area contributed by atoms with Crippen molar-refractivity contribution < 1.29 is 34.8 Å². The van der Waals surface area contributed by atoms with Crippen LogP contribution in [0.1, 0.15) is 0 Å². The Kier molecular flexibility index (Phi) is 4.71. The SMILES string of the molecule is Fc1c[c-]c(-c2nccc3ccccc23)cc1B1Oc2ccccc2O1.[Pt]. The molecule has 5 rings (SSSR count). The Morgan fingerprint density at radius 3 is 2.41 bits per heavy atom. The zero-order valence-electron chi connectivity index (χ0n) is 14.0. The summed E-state index contributed by atoms with van der Waals surface area (Å²) in [6.45, 7) is 0. The zero-order valence-corrected chi connectivity index (χ0v) is 16.2. The Balaban J connectivity index is 0.00000180. The molecular formula is C21H12BFNO2Pt-. The molecule has 1 aliphatic rings. The summed E-state index contributed by atoms with van der Waals surface area (Å²) < 4.78 is 26.0. The van der Waals surface area contributed by atoms with Crippen molar-refractivity contribution in [2.24, 2.45) is 0 Å². The average Bonchev–Trinajstić information content (AvgIpc) is 3.12. The van der Waals surface area contributed by atoms with Gasteiger partial charge in [-0.1, -0.05) is 36.4 Å². The quantitative estimate of drug-likeness (QED) is 0.288. The Hall–Kier alpha value is -2.65. The van der Waals surface area contributed by atoms with Gasteiger partial charge in [0.05, 0.1) is 0 Å². The molecule has 0 spiro atoms. The molecule has 1 aromatic heterocycles. The van der Waals surface area contributed by atoms with Gasteiger partial charge >= 0.3 is 7.12 Å². The molecule has 134 valence electrons. The largest absolute Gasteiger partial charge is 0.615 e. The van der Waals surface area contributed by atoms with Crippen LogP contribution in [0.2, 0.25) is 0 Å². The molecule has 0 bridgehead atoms. The molecule has 0 N–H and O–H groups in total. The van der Waals surface area contributed by atoms with E-state index in [0.717, 1.165) is 16.5 Å². The van der Waals surface area contributed by atoms with Crippen LogP contribution >= 0.6 is 0 Å². The molecule has 3 aromatic carbocycles. The van der Waals surface area contributed by atoms with Gasteiger partial charge in [-0.25, -0.2) is 0 Å². The van der Waals surface area contributed by atoms with Crippen LogP contribution in [0.3, 0.4) is 0 Å². The van der Waals surface area contributed by atoms with Gasteiger partial charge in [0.25, 0.3) is 0 Å². The van der Waals surface area contributed by atoms with Crippen LogP contribution < -0.4 is 14.8 Å². The number of rotatable bonds is 2. The number of fused-ring (bicyclic) bond motifs is 2. The van der Waals surface area contributed by atoms with Crippen molar-refractivity contribution in [2.45, 2.75) is 0 Å². The molecule has 0 saturated carbocycles. The van der Waals surface area contributed by atoms with Crippen molar-refractivity contribution in [3.05, 3.63) is 84.8 Å². The molecule has 4 aromatic rings. The van der Waals surface area contributed by atoms with Crippen molar-refractivity contribution in [1.29, 1.82) is 0 Å². The fraction of sp³-hybridized carbons (Fsp3) is 0.